The number of hydrogen-bond acceptors (Lipinski definition) is 6. The van der Waals surface area contributed by atoms with E-state index in [0.29, 0.717) is 18.2 Å². The number of nitrogens with one attached hydrogen (secondary N) is 2. The first-order chi connectivity index (χ1) is 15.1. The van der Waals surface area contributed by atoms with E-state index in [-0.39, 0.29) is 12.1 Å². The van der Waals surface area contributed by atoms with Crippen LogP contribution in [0, 0.1) is 5.92 Å². The maximum absolute atomic E-state index is 13.0. The van der Waals surface area contributed by atoms with Gasteiger partial charge in [-0.25, -0.2) is 4.98 Å². The quantitative estimate of drug-likeness (QED) is 0.663. The molecule has 2 N–H and O–H groups in total. The lowest BCUT2D eigenvalue weighted by Gasteiger charge is -2.28. The molecule has 0 spiro atoms. The van der Waals surface area contributed by atoms with Gasteiger partial charge in [0, 0.05) is 56.6 Å². The number of fused-ring (bicyclic) bond motifs is 1. The Balaban J connectivity index is 1.31. The second kappa shape index (κ2) is 8.02. The summed E-state index contributed by atoms with van der Waals surface area (Å²) in [7, 11) is 3.94. The number of hydrogen-bond donors (Lipinski definition) is 2. The minimum absolute atomic E-state index is 0.177. The van der Waals surface area contributed by atoms with Crippen molar-refractivity contribution in [1.29, 1.82) is 0 Å². The van der Waals surface area contributed by atoms with Gasteiger partial charge in [-0.2, -0.15) is 5.10 Å². The summed E-state index contributed by atoms with van der Waals surface area (Å²) in [5.41, 5.74) is 5.24. The maximum atomic E-state index is 13.0. The first kappa shape index (κ1) is 19.5. The van der Waals surface area contributed by atoms with Crippen LogP contribution < -0.4 is 15.5 Å². The van der Waals surface area contributed by atoms with E-state index in [1.807, 2.05) is 25.4 Å². The number of rotatable bonds is 5. The molecule has 0 radical (unpaired) electrons. The topological polar surface area (TPSA) is 88.0 Å². The van der Waals surface area contributed by atoms with Crippen molar-refractivity contribution in [3.05, 3.63) is 54.4 Å². The van der Waals surface area contributed by atoms with Gasteiger partial charge in [0.25, 0.3) is 5.91 Å². The molecule has 160 valence electrons. The minimum Gasteiger partial charge on any atom is -0.363 e. The molecule has 1 atom stereocenters. The van der Waals surface area contributed by atoms with Gasteiger partial charge in [-0.05, 0) is 36.5 Å². The standard InChI is InChI=1S/C23H27N7O/c1-29-14-18(13-27-29)17-9-15(10-24-12-17)11-26-23(31)20-21-19(7-8-25-20)28-22(30(21)2)16-5-3-4-6-16/h7-10,12-14,16,22,28H,3-6,11H2,1-2H3,(H,26,31). The third-order valence-corrected chi connectivity index (χ3v) is 6.35. The fourth-order valence-corrected chi connectivity index (χ4v) is 4.77. The molecule has 8 nitrogen and oxygen atoms in total. The van der Waals surface area contributed by atoms with Gasteiger partial charge < -0.3 is 15.5 Å². The van der Waals surface area contributed by atoms with Crippen molar-refractivity contribution in [3.8, 4) is 11.1 Å². The van der Waals surface area contributed by atoms with E-state index in [1.165, 1.54) is 25.7 Å². The summed E-state index contributed by atoms with van der Waals surface area (Å²) >= 11 is 0. The fourth-order valence-electron chi connectivity index (χ4n) is 4.77. The highest BCUT2D eigenvalue weighted by Gasteiger charge is 2.36. The molecule has 3 aromatic heterocycles. The second-order valence-corrected chi connectivity index (χ2v) is 8.47. The molecule has 1 amide bonds. The highest BCUT2D eigenvalue weighted by molar-refractivity contribution is 6.01. The predicted molar refractivity (Wildman–Crippen MR) is 120 cm³/mol. The van der Waals surface area contributed by atoms with Gasteiger partial charge >= 0.3 is 0 Å². The summed E-state index contributed by atoms with van der Waals surface area (Å²) in [5, 5.41) is 10.8. The molecule has 31 heavy (non-hydrogen) atoms. The van der Waals surface area contributed by atoms with Gasteiger partial charge in [0.05, 0.1) is 17.6 Å². The molecule has 0 saturated heterocycles. The molecule has 8 heteroatoms. The first-order valence-electron chi connectivity index (χ1n) is 10.8. The number of aromatic nitrogens is 4. The van der Waals surface area contributed by atoms with Gasteiger partial charge in [-0.1, -0.05) is 12.8 Å². The van der Waals surface area contributed by atoms with Crippen LogP contribution in [0.15, 0.2) is 43.1 Å². The normalized spacial score (nSPS) is 18.1. The van der Waals surface area contributed by atoms with Gasteiger partial charge in [-0.15, -0.1) is 0 Å². The van der Waals surface area contributed by atoms with Crippen LogP contribution in [0.4, 0.5) is 11.4 Å². The van der Waals surface area contributed by atoms with Gasteiger partial charge in [0.15, 0.2) is 5.69 Å². The zero-order chi connectivity index (χ0) is 21.4. The van der Waals surface area contributed by atoms with Crippen molar-refractivity contribution in [2.75, 3.05) is 17.3 Å². The summed E-state index contributed by atoms with van der Waals surface area (Å²) in [6, 6.07) is 3.98. The number of pyridine rings is 2. The third kappa shape index (κ3) is 3.73. The fraction of sp³-hybridized carbons (Fsp3) is 0.391. The molecular weight excluding hydrogens is 390 g/mol. The lowest BCUT2D eigenvalue weighted by atomic mass is 10.0. The Kier molecular flexibility index (Phi) is 5.05. The lowest BCUT2D eigenvalue weighted by Crippen LogP contribution is -2.39. The smallest absolute Gasteiger partial charge is 0.272 e. The molecule has 1 fully saturated rings. The molecule has 1 aliphatic heterocycles. The van der Waals surface area contributed by atoms with Crippen molar-refractivity contribution in [2.24, 2.45) is 13.0 Å². The van der Waals surface area contributed by atoms with Crippen molar-refractivity contribution in [1.82, 2.24) is 25.1 Å². The number of carbonyl (C=O) groups is 1. The molecule has 4 heterocycles. The summed E-state index contributed by atoms with van der Waals surface area (Å²) < 4.78 is 1.76. The Hall–Kier alpha value is -3.42. The Morgan fingerprint density at radius 3 is 2.81 bits per heavy atom. The minimum atomic E-state index is -0.177. The predicted octanol–water partition coefficient (Wildman–Crippen LogP) is 3.19. The monoisotopic (exact) mass is 417 g/mol. The number of carbonyl (C=O) groups excluding carboxylic acids is 1. The van der Waals surface area contributed by atoms with Crippen molar-refractivity contribution >= 4 is 17.3 Å². The molecule has 1 saturated carbocycles. The summed E-state index contributed by atoms with van der Waals surface area (Å²) in [4.78, 5) is 24.0. The van der Waals surface area contributed by atoms with Crippen LogP contribution in [0.5, 0.6) is 0 Å². The van der Waals surface area contributed by atoms with Crippen molar-refractivity contribution in [3.63, 3.8) is 0 Å². The number of amides is 1. The maximum Gasteiger partial charge on any atom is 0.272 e. The summed E-state index contributed by atoms with van der Waals surface area (Å²) in [6.45, 7) is 0.383. The van der Waals surface area contributed by atoms with Crippen LogP contribution in [0.3, 0.4) is 0 Å². The molecule has 5 rings (SSSR count). The summed E-state index contributed by atoms with van der Waals surface area (Å²) in [5.74, 6) is 0.430. The van der Waals surface area contributed by atoms with Crippen molar-refractivity contribution < 1.29 is 4.79 Å². The van der Waals surface area contributed by atoms with Crippen LogP contribution in [-0.2, 0) is 13.6 Å². The van der Waals surface area contributed by atoms with E-state index < -0.39 is 0 Å². The first-order valence-corrected chi connectivity index (χ1v) is 10.8. The summed E-state index contributed by atoms with van der Waals surface area (Å²) in [6.07, 6.45) is 14.3. The SMILES string of the molecule is CN1c2c(ccnc2C(=O)NCc2cncc(-c3cnn(C)c3)c2)NC1C1CCCC1. The van der Waals surface area contributed by atoms with Crippen molar-refractivity contribution in [2.45, 2.75) is 38.4 Å². The Morgan fingerprint density at radius 2 is 2.03 bits per heavy atom. The Morgan fingerprint density at radius 1 is 1.19 bits per heavy atom. The molecule has 0 aromatic carbocycles. The largest absolute Gasteiger partial charge is 0.363 e. The lowest BCUT2D eigenvalue weighted by molar-refractivity contribution is 0.0946. The average molecular weight is 418 g/mol. The van der Waals surface area contributed by atoms with E-state index in [9.17, 15) is 4.79 Å². The van der Waals surface area contributed by atoms with Crippen LogP contribution in [0.2, 0.25) is 0 Å². The zero-order valence-corrected chi connectivity index (χ0v) is 17.9. The van der Waals surface area contributed by atoms with Crippen LogP contribution >= 0.6 is 0 Å². The van der Waals surface area contributed by atoms with Crippen LogP contribution in [0.1, 0.15) is 41.7 Å². The van der Waals surface area contributed by atoms with E-state index >= 15 is 0 Å². The Bertz CT molecular complexity index is 1100. The van der Waals surface area contributed by atoms with E-state index in [1.54, 1.807) is 29.5 Å². The molecule has 1 unspecified atom stereocenters. The molecule has 2 aliphatic rings. The van der Waals surface area contributed by atoms with E-state index in [0.717, 1.165) is 28.1 Å². The second-order valence-electron chi connectivity index (χ2n) is 8.47. The van der Waals surface area contributed by atoms with Gasteiger partial charge in [0.1, 0.15) is 6.17 Å². The average Bonchev–Trinajstić information content (AvgIpc) is 3.53. The van der Waals surface area contributed by atoms with E-state index in [4.69, 9.17) is 0 Å². The molecule has 0 bridgehead atoms. The third-order valence-electron chi connectivity index (χ3n) is 6.35. The molecule has 1 aliphatic carbocycles. The highest BCUT2D eigenvalue weighted by Crippen LogP contribution is 2.41. The van der Waals surface area contributed by atoms with Crippen LogP contribution in [0.25, 0.3) is 11.1 Å². The number of aryl methyl sites for hydroxylation is 1. The van der Waals surface area contributed by atoms with E-state index in [2.05, 4.69) is 37.6 Å². The molecule has 3 aromatic rings. The molecular formula is C23H27N7O. The highest BCUT2D eigenvalue weighted by atomic mass is 16.1. The Labute approximate surface area is 181 Å². The zero-order valence-electron chi connectivity index (χ0n) is 17.9. The van der Waals surface area contributed by atoms with Crippen LogP contribution in [-0.4, -0.2) is 38.9 Å². The number of anilines is 2. The van der Waals surface area contributed by atoms with Gasteiger partial charge in [-0.3, -0.25) is 14.5 Å². The number of nitrogens with zero attached hydrogens (tertiary/aromatic N) is 5. The van der Waals surface area contributed by atoms with Gasteiger partial charge in [0.2, 0.25) is 0 Å².